The third kappa shape index (κ3) is 2.20. The summed E-state index contributed by atoms with van der Waals surface area (Å²) in [4.78, 5) is 15.8. The first-order chi connectivity index (χ1) is 9.70. The van der Waals surface area contributed by atoms with Crippen LogP contribution in [0, 0.1) is 3.57 Å². The van der Waals surface area contributed by atoms with E-state index in [-0.39, 0.29) is 5.78 Å². The SMILES string of the molecule is COc1cccc2[nH]cc(C(=O)c3cccc(I)c3)c12. The monoisotopic (exact) mass is 377 g/mol. The fourth-order valence-electron chi connectivity index (χ4n) is 2.29. The molecule has 4 heteroatoms. The average Bonchev–Trinajstić information content (AvgIpc) is 2.90. The summed E-state index contributed by atoms with van der Waals surface area (Å²) in [6, 6.07) is 13.3. The molecule has 0 aliphatic heterocycles. The number of rotatable bonds is 3. The molecule has 3 rings (SSSR count). The van der Waals surface area contributed by atoms with Gasteiger partial charge < -0.3 is 9.72 Å². The quantitative estimate of drug-likeness (QED) is 0.554. The molecule has 0 saturated carbocycles. The minimum absolute atomic E-state index is 0.000680. The second-order valence-electron chi connectivity index (χ2n) is 4.42. The van der Waals surface area contributed by atoms with E-state index >= 15 is 0 Å². The molecule has 1 N–H and O–H groups in total. The summed E-state index contributed by atoms with van der Waals surface area (Å²) >= 11 is 2.20. The van der Waals surface area contributed by atoms with Crippen molar-refractivity contribution in [2.75, 3.05) is 7.11 Å². The molecular weight excluding hydrogens is 365 g/mol. The highest BCUT2D eigenvalue weighted by Gasteiger charge is 2.17. The molecule has 0 amide bonds. The summed E-state index contributed by atoms with van der Waals surface area (Å²) in [5.41, 5.74) is 2.22. The normalized spacial score (nSPS) is 10.7. The number of aromatic amines is 1. The summed E-state index contributed by atoms with van der Waals surface area (Å²) < 4.78 is 6.40. The second-order valence-corrected chi connectivity index (χ2v) is 5.67. The molecule has 0 fully saturated rings. The first kappa shape index (κ1) is 13.2. The highest BCUT2D eigenvalue weighted by molar-refractivity contribution is 14.1. The molecule has 0 bridgehead atoms. The average molecular weight is 377 g/mol. The summed E-state index contributed by atoms with van der Waals surface area (Å²) in [5.74, 6) is 0.706. The molecule has 0 unspecified atom stereocenters. The van der Waals surface area contributed by atoms with Gasteiger partial charge in [-0.3, -0.25) is 4.79 Å². The van der Waals surface area contributed by atoms with Gasteiger partial charge in [-0.25, -0.2) is 0 Å². The van der Waals surface area contributed by atoms with Crippen molar-refractivity contribution in [3.8, 4) is 5.75 Å². The van der Waals surface area contributed by atoms with Gasteiger partial charge in [0.15, 0.2) is 5.78 Å². The number of hydrogen-bond acceptors (Lipinski definition) is 2. The van der Waals surface area contributed by atoms with Gasteiger partial charge in [0.05, 0.1) is 18.1 Å². The number of hydrogen-bond donors (Lipinski definition) is 1. The number of fused-ring (bicyclic) bond motifs is 1. The lowest BCUT2D eigenvalue weighted by atomic mass is 10.0. The first-order valence-corrected chi connectivity index (χ1v) is 7.23. The van der Waals surface area contributed by atoms with Crippen LogP contribution in [0.2, 0.25) is 0 Å². The minimum atomic E-state index is -0.000680. The lowest BCUT2D eigenvalue weighted by molar-refractivity contribution is 0.104. The van der Waals surface area contributed by atoms with Crippen molar-refractivity contribution in [3.63, 3.8) is 0 Å². The Hall–Kier alpha value is -1.82. The predicted molar refractivity (Wildman–Crippen MR) is 87.4 cm³/mol. The predicted octanol–water partition coefficient (Wildman–Crippen LogP) is 4.01. The molecule has 3 nitrogen and oxygen atoms in total. The number of ether oxygens (including phenoxy) is 1. The molecule has 0 spiro atoms. The number of benzene rings is 2. The molecule has 0 aliphatic rings. The number of methoxy groups -OCH3 is 1. The highest BCUT2D eigenvalue weighted by Crippen LogP contribution is 2.30. The van der Waals surface area contributed by atoms with Crippen LogP contribution < -0.4 is 4.74 Å². The lowest BCUT2D eigenvalue weighted by Gasteiger charge is -2.05. The fraction of sp³-hybridized carbons (Fsp3) is 0.0625. The van der Waals surface area contributed by atoms with Crippen molar-refractivity contribution in [2.24, 2.45) is 0 Å². The van der Waals surface area contributed by atoms with Crippen LogP contribution in [0.3, 0.4) is 0 Å². The molecule has 0 atom stereocenters. The van der Waals surface area contributed by atoms with Crippen molar-refractivity contribution >= 4 is 39.3 Å². The van der Waals surface area contributed by atoms with Gasteiger partial charge in [0.1, 0.15) is 5.75 Å². The van der Waals surface area contributed by atoms with Gasteiger partial charge in [0, 0.05) is 20.8 Å². The topological polar surface area (TPSA) is 42.1 Å². The molecule has 0 radical (unpaired) electrons. The van der Waals surface area contributed by atoms with Crippen molar-refractivity contribution in [3.05, 3.63) is 63.4 Å². The second kappa shape index (κ2) is 5.28. The largest absolute Gasteiger partial charge is 0.496 e. The van der Waals surface area contributed by atoms with E-state index in [2.05, 4.69) is 27.6 Å². The van der Waals surface area contributed by atoms with Crippen LogP contribution in [-0.2, 0) is 0 Å². The Labute approximate surface area is 130 Å². The van der Waals surface area contributed by atoms with E-state index < -0.39 is 0 Å². The Bertz CT molecular complexity index is 792. The summed E-state index contributed by atoms with van der Waals surface area (Å²) in [6.45, 7) is 0. The maximum Gasteiger partial charge on any atom is 0.195 e. The van der Waals surface area contributed by atoms with Gasteiger partial charge in [0.2, 0.25) is 0 Å². The van der Waals surface area contributed by atoms with Crippen LogP contribution >= 0.6 is 22.6 Å². The maximum atomic E-state index is 12.7. The number of carbonyl (C=O) groups excluding carboxylic acids is 1. The van der Waals surface area contributed by atoms with E-state index in [0.29, 0.717) is 16.9 Å². The van der Waals surface area contributed by atoms with Gasteiger partial charge in [-0.05, 0) is 46.9 Å². The van der Waals surface area contributed by atoms with E-state index in [1.54, 1.807) is 13.3 Å². The molecular formula is C16H12INO2. The van der Waals surface area contributed by atoms with E-state index in [9.17, 15) is 4.79 Å². The van der Waals surface area contributed by atoms with Crippen molar-refractivity contribution in [2.45, 2.75) is 0 Å². The molecule has 2 aromatic carbocycles. The Morgan fingerprint density at radius 1 is 1.20 bits per heavy atom. The number of carbonyl (C=O) groups is 1. The van der Waals surface area contributed by atoms with E-state index in [4.69, 9.17) is 4.74 Å². The number of H-pyrrole nitrogens is 1. The number of ketones is 1. The zero-order valence-electron chi connectivity index (χ0n) is 10.8. The van der Waals surface area contributed by atoms with Crippen molar-refractivity contribution in [1.82, 2.24) is 4.98 Å². The highest BCUT2D eigenvalue weighted by atomic mass is 127. The third-order valence-electron chi connectivity index (χ3n) is 3.22. The van der Waals surface area contributed by atoms with Gasteiger partial charge in [0.25, 0.3) is 0 Å². The minimum Gasteiger partial charge on any atom is -0.496 e. The van der Waals surface area contributed by atoms with E-state index in [1.807, 2.05) is 42.5 Å². The Morgan fingerprint density at radius 2 is 2.00 bits per heavy atom. The summed E-state index contributed by atoms with van der Waals surface area (Å²) in [7, 11) is 1.61. The van der Waals surface area contributed by atoms with Crippen LogP contribution in [0.25, 0.3) is 10.9 Å². The van der Waals surface area contributed by atoms with Gasteiger partial charge >= 0.3 is 0 Å². The van der Waals surface area contributed by atoms with Crippen molar-refractivity contribution in [1.29, 1.82) is 0 Å². The molecule has 100 valence electrons. The zero-order chi connectivity index (χ0) is 14.1. The van der Waals surface area contributed by atoms with Crippen LogP contribution in [0.1, 0.15) is 15.9 Å². The Balaban J connectivity index is 2.17. The van der Waals surface area contributed by atoms with Crippen LogP contribution in [0.4, 0.5) is 0 Å². The Morgan fingerprint density at radius 3 is 2.75 bits per heavy atom. The molecule has 0 aliphatic carbocycles. The number of halogens is 1. The zero-order valence-corrected chi connectivity index (χ0v) is 13.0. The fourth-order valence-corrected chi connectivity index (χ4v) is 2.83. The Kier molecular flexibility index (Phi) is 3.48. The molecule has 0 saturated heterocycles. The van der Waals surface area contributed by atoms with Crippen molar-refractivity contribution < 1.29 is 9.53 Å². The third-order valence-corrected chi connectivity index (χ3v) is 3.89. The van der Waals surface area contributed by atoms with E-state index in [0.717, 1.165) is 14.5 Å². The molecule has 1 heterocycles. The summed E-state index contributed by atoms with van der Waals surface area (Å²) in [5, 5.41) is 0.832. The van der Waals surface area contributed by atoms with Gasteiger partial charge in [-0.15, -0.1) is 0 Å². The maximum absolute atomic E-state index is 12.7. The van der Waals surface area contributed by atoms with E-state index in [1.165, 1.54) is 0 Å². The number of aromatic nitrogens is 1. The first-order valence-electron chi connectivity index (χ1n) is 6.15. The van der Waals surface area contributed by atoms with Crippen LogP contribution in [0.15, 0.2) is 48.7 Å². The standard InChI is InChI=1S/C16H12INO2/c1-20-14-7-3-6-13-15(14)12(9-18-13)16(19)10-4-2-5-11(17)8-10/h2-9,18H,1H3. The molecule has 3 aromatic rings. The summed E-state index contributed by atoms with van der Waals surface area (Å²) in [6.07, 6.45) is 1.75. The van der Waals surface area contributed by atoms with Gasteiger partial charge in [-0.2, -0.15) is 0 Å². The smallest absolute Gasteiger partial charge is 0.195 e. The lowest BCUT2D eigenvalue weighted by Crippen LogP contribution is -2.01. The van der Waals surface area contributed by atoms with Crippen LogP contribution in [-0.4, -0.2) is 17.9 Å². The molecule has 20 heavy (non-hydrogen) atoms. The van der Waals surface area contributed by atoms with Crippen LogP contribution in [0.5, 0.6) is 5.75 Å². The van der Waals surface area contributed by atoms with Gasteiger partial charge in [-0.1, -0.05) is 18.2 Å². The molecule has 1 aromatic heterocycles. The number of nitrogens with one attached hydrogen (secondary N) is 1.